The lowest BCUT2D eigenvalue weighted by Crippen LogP contribution is -2.49. The van der Waals surface area contributed by atoms with Crippen molar-refractivity contribution in [3.05, 3.63) is 53.9 Å². The molecule has 1 aliphatic heterocycles. The zero-order valence-electron chi connectivity index (χ0n) is 16.6. The van der Waals surface area contributed by atoms with Crippen molar-refractivity contribution in [2.75, 3.05) is 31.1 Å². The number of carbonyl (C=O) groups excluding carboxylic acids is 2. The first kappa shape index (κ1) is 18.5. The van der Waals surface area contributed by atoms with E-state index < -0.39 is 0 Å². The Labute approximate surface area is 173 Å². The number of nitrogens with zero attached hydrogens (tertiary/aromatic N) is 6. The van der Waals surface area contributed by atoms with Crippen molar-refractivity contribution in [3.8, 4) is 0 Å². The van der Waals surface area contributed by atoms with Crippen molar-refractivity contribution in [2.45, 2.75) is 25.3 Å². The number of aromatic nitrogens is 4. The number of nitrogens with one attached hydrogen (secondary N) is 1. The van der Waals surface area contributed by atoms with Gasteiger partial charge in [0.2, 0.25) is 5.91 Å². The van der Waals surface area contributed by atoms with Gasteiger partial charge in [0.1, 0.15) is 12.1 Å². The molecule has 5 rings (SSSR count). The van der Waals surface area contributed by atoms with Gasteiger partial charge in [-0.3, -0.25) is 9.59 Å². The minimum Gasteiger partial charge on any atom is -0.352 e. The third-order valence-corrected chi connectivity index (χ3v) is 5.59. The molecule has 0 radical (unpaired) electrons. The highest BCUT2D eigenvalue weighted by Gasteiger charge is 2.24. The molecule has 1 N–H and O–H groups in total. The van der Waals surface area contributed by atoms with Crippen molar-refractivity contribution in [1.82, 2.24) is 30.0 Å². The standard InChI is InChI=1S/C21H23N7O2/c29-20(13-15-1-3-16(4-2-15)21(30)23-17-5-6-17)27-11-9-26(10-12-27)19-8-7-18-24-22-14-28(18)25-19/h1-4,7-8,14,17H,5-6,9-13H2,(H,23,30). The van der Waals surface area contributed by atoms with E-state index in [4.69, 9.17) is 0 Å². The Morgan fingerprint density at radius 2 is 1.77 bits per heavy atom. The third kappa shape index (κ3) is 3.96. The maximum absolute atomic E-state index is 12.7. The predicted octanol–water partition coefficient (Wildman–Crippen LogP) is 0.908. The van der Waals surface area contributed by atoms with E-state index in [1.54, 1.807) is 23.0 Å². The fourth-order valence-corrected chi connectivity index (χ4v) is 3.63. The molecule has 1 saturated heterocycles. The number of rotatable bonds is 5. The first-order valence-corrected chi connectivity index (χ1v) is 10.3. The lowest BCUT2D eigenvalue weighted by molar-refractivity contribution is -0.130. The van der Waals surface area contributed by atoms with E-state index in [1.807, 2.05) is 29.2 Å². The first-order chi connectivity index (χ1) is 14.7. The quantitative estimate of drug-likeness (QED) is 0.678. The Balaban J connectivity index is 1.15. The third-order valence-electron chi connectivity index (χ3n) is 5.59. The van der Waals surface area contributed by atoms with Crippen molar-refractivity contribution in [3.63, 3.8) is 0 Å². The molecule has 1 saturated carbocycles. The Hall–Kier alpha value is -3.49. The van der Waals surface area contributed by atoms with Crippen LogP contribution in [0.5, 0.6) is 0 Å². The molecule has 9 nitrogen and oxygen atoms in total. The summed E-state index contributed by atoms with van der Waals surface area (Å²) in [7, 11) is 0. The van der Waals surface area contributed by atoms with E-state index in [0.717, 1.165) is 37.3 Å². The van der Waals surface area contributed by atoms with Gasteiger partial charge in [-0.25, -0.2) is 0 Å². The maximum atomic E-state index is 12.7. The molecule has 1 aliphatic carbocycles. The zero-order chi connectivity index (χ0) is 20.5. The topological polar surface area (TPSA) is 95.7 Å². The highest BCUT2D eigenvalue weighted by Crippen LogP contribution is 2.19. The molecular formula is C21H23N7O2. The van der Waals surface area contributed by atoms with Crippen LogP contribution in [0, 0.1) is 0 Å². The van der Waals surface area contributed by atoms with Gasteiger partial charge in [-0.05, 0) is 42.7 Å². The highest BCUT2D eigenvalue weighted by atomic mass is 16.2. The first-order valence-electron chi connectivity index (χ1n) is 10.3. The number of piperazine rings is 1. The summed E-state index contributed by atoms with van der Waals surface area (Å²) in [6.07, 6.45) is 4.06. The lowest BCUT2D eigenvalue weighted by Gasteiger charge is -2.35. The van der Waals surface area contributed by atoms with Crippen LogP contribution in [0.25, 0.3) is 5.65 Å². The van der Waals surface area contributed by atoms with Gasteiger partial charge in [0.15, 0.2) is 5.65 Å². The molecule has 0 bridgehead atoms. The maximum Gasteiger partial charge on any atom is 0.251 e. The average Bonchev–Trinajstić information content (AvgIpc) is 3.46. The number of benzene rings is 1. The molecule has 2 amide bonds. The molecule has 1 aromatic carbocycles. The lowest BCUT2D eigenvalue weighted by atomic mass is 10.1. The van der Waals surface area contributed by atoms with Gasteiger partial charge < -0.3 is 15.1 Å². The van der Waals surface area contributed by atoms with Crippen molar-refractivity contribution in [2.24, 2.45) is 0 Å². The smallest absolute Gasteiger partial charge is 0.251 e. The van der Waals surface area contributed by atoms with Crippen LogP contribution in [0.1, 0.15) is 28.8 Å². The molecular weight excluding hydrogens is 382 g/mol. The van der Waals surface area contributed by atoms with E-state index in [2.05, 4.69) is 25.5 Å². The summed E-state index contributed by atoms with van der Waals surface area (Å²) in [6, 6.07) is 11.5. The summed E-state index contributed by atoms with van der Waals surface area (Å²) < 4.78 is 1.65. The van der Waals surface area contributed by atoms with Crippen LogP contribution in [0.3, 0.4) is 0 Å². The van der Waals surface area contributed by atoms with Crippen LogP contribution in [0.4, 0.5) is 5.82 Å². The Kier molecular flexibility index (Phi) is 4.78. The number of carbonyl (C=O) groups is 2. The average molecular weight is 405 g/mol. The van der Waals surface area contributed by atoms with Gasteiger partial charge in [0.05, 0.1) is 6.42 Å². The molecule has 2 fully saturated rings. The molecule has 30 heavy (non-hydrogen) atoms. The minimum absolute atomic E-state index is 0.0373. The number of fused-ring (bicyclic) bond motifs is 1. The number of amides is 2. The Morgan fingerprint density at radius 1 is 1.00 bits per heavy atom. The van der Waals surface area contributed by atoms with Crippen LogP contribution in [-0.4, -0.2) is 68.7 Å². The van der Waals surface area contributed by atoms with E-state index in [-0.39, 0.29) is 11.8 Å². The van der Waals surface area contributed by atoms with E-state index in [0.29, 0.717) is 36.8 Å². The van der Waals surface area contributed by atoms with Gasteiger partial charge >= 0.3 is 0 Å². The molecule has 0 atom stereocenters. The van der Waals surface area contributed by atoms with Gasteiger partial charge in [-0.2, -0.15) is 4.52 Å². The number of hydrogen-bond donors (Lipinski definition) is 1. The molecule has 3 aromatic rings. The molecule has 0 unspecified atom stereocenters. The Morgan fingerprint density at radius 3 is 2.50 bits per heavy atom. The SMILES string of the molecule is O=C(NC1CC1)c1ccc(CC(=O)N2CCN(c3ccc4nncn4n3)CC2)cc1. The van der Waals surface area contributed by atoms with Gasteiger partial charge in [-0.15, -0.1) is 15.3 Å². The zero-order valence-corrected chi connectivity index (χ0v) is 16.6. The van der Waals surface area contributed by atoms with Crippen LogP contribution < -0.4 is 10.2 Å². The van der Waals surface area contributed by atoms with Gasteiger partial charge in [0, 0.05) is 37.8 Å². The van der Waals surface area contributed by atoms with Crippen LogP contribution in [0.2, 0.25) is 0 Å². The monoisotopic (exact) mass is 405 g/mol. The highest BCUT2D eigenvalue weighted by molar-refractivity contribution is 5.94. The fraction of sp³-hybridized carbons (Fsp3) is 0.381. The van der Waals surface area contributed by atoms with Crippen molar-refractivity contribution in [1.29, 1.82) is 0 Å². The minimum atomic E-state index is -0.0373. The summed E-state index contributed by atoms with van der Waals surface area (Å²) in [5.41, 5.74) is 2.28. The molecule has 3 heterocycles. The van der Waals surface area contributed by atoms with E-state index in [1.165, 1.54) is 0 Å². The molecule has 2 aliphatic rings. The number of hydrogen-bond acceptors (Lipinski definition) is 6. The van der Waals surface area contributed by atoms with Crippen LogP contribution in [0.15, 0.2) is 42.7 Å². The molecule has 154 valence electrons. The van der Waals surface area contributed by atoms with Gasteiger partial charge in [-0.1, -0.05) is 12.1 Å². The van der Waals surface area contributed by atoms with E-state index >= 15 is 0 Å². The second-order valence-electron chi connectivity index (χ2n) is 7.81. The number of anilines is 1. The van der Waals surface area contributed by atoms with Crippen molar-refractivity contribution >= 4 is 23.3 Å². The second-order valence-corrected chi connectivity index (χ2v) is 7.81. The molecule has 9 heteroatoms. The largest absolute Gasteiger partial charge is 0.352 e. The summed E-state index contributed by atoms with van der Waals surface area (Å²) in [5.74, 6) is 0.922. The second kappa shape index (κ2) is 7.74. The normalized spacial score (nSPS) is 16.7. The summed E-state index contributed by atoms with van der Waals surface area (Å²) in [4.78, 5) is 28.8. The van der Waals surface area contributed by atoms with Crippen molar-refractivity contribution < 1.29 is 9.59 Å². The predicted molar refractivity (Wildman–Crippen MR) is 110 cm³/mol. The van der Waals surface area contributed by atoms with Gasteiger partial charge in [0.25, 0.3) is 5.91 Å². The van der Waals surface area contributed by atoms with E-state index in [9.17, 15) is 9.59 Å². The fourth-order valence-electron chi connectivity index (χ4n) is 3.63. The Bertz CT molecular complexity index is 1070. The van der Waals surface area contributed by atoms with Crippen LogP contribution in [-0.2, 0) is 11.2 Å². The molecule has 0 spiro atoms. The van der Waals surface area contributed by atoms with Crippen LogP contribution >= 0.6 is 0 Å². The summed E-state index contributed by atoms with van der Waals surface area (Å²) in [5, 5.41) is 15.3. The molecule has 2 aromatic heterocycles. The summed E-state index contributed by atoms with van der Waals surface area (Å²) in [6.45, 7) is 2.77. The summed E-state index contributed by atoms with van der Waals surface area (Å²) >= 11 is 0.